The minimum absolute atomic E-state index is 0.104. The number of carboxylic acids is 1. The summed E-state index contributed by atoms with van der Waals surface area (Å²) in [6.07, 6.45) is 0. The first-order valence-corrected chi connectivity index (χ1v) is 9.93. The molecule has 0 aliphatic carbocycles. The van der Waals surface area contributed by atoms with Crippen LogP contribution < -0.4 is 10.0 Å². The predicted molar refractivity (Wildman–Crippen MR) is 104 cm³/mol. The molecule has 0 aliphatic rings. The van der Waals surface area contributed by atoms with Gasteiger partial charge in [-0.3, -0.25) is 0 Å². The Bertz CT molecular complexity index is 884. The summed E-state index contributed by atoms with van der Waals surface area (Å²) >= 11 is 0. The fraction of sp³-hybridized carbons (Fsp3) is 0.316. The Hall–Kier alpha value is -2.42. The number of aromatic carboxylic acids is 1. The zero-order chi connectivity index (χ0) is 20.0. The van der Waals surface area contributed by atoms with Gasteiger partial charge in [0.1, 0.15) is 4.90 Å². The molecule has 0 radical (unpaired) electrons. The second-order valence-electron chi connectivity index (χ2n) is 6.27. The molecule has 27 heavy (non-hydrogen) atoms. The van der Waals surface area contributed by atoms with Crippen molar-refractivity contribution in [3.8, 4) is 0 Å². The molecule has 146 valence electrons. The van der Waals surface area contributed by atoms with Crippen molar-refractivity contribution >= 4 is 21.7 Å². The second-order valence-corrected chi connectivity index (χ2v) is 7.95. The number of hydrogen-bond acceptors (Lipinski definition) is 5. The fourth-order valence-electron chi connectivity index (χ4n) is 2.66. The summed E-state index contributed by atoms with van der Waals surface area (Å²) in [5.41, 5.74) is 1.02. The van der Waals surface area contributed by atoms with Crippen molar-refractivity contribution in [3.05, 3.63) is 59.7 Å². The minimum atomic E-state index is -3.97. The minimum Gasteiger partial charge on any atom is -0.478 e. The lowest BCUT2D eigenvalue weighted by molar-refractivity contribution is 0.0696. The maximum Gasteiger partial charge on any atom is 0.335 e. The van der Waals surface area contributed by atoms with Gasteiger partial charge in [0.2, 0.25) is 10.0 Å². The van der Waals surface area contributed by atoms with Crippen molar-refractivity contribution in [1.29, 1.82) is 0 Å². The summed E-state index contributed by atoms with van der Waals surface area (Å²) < 4.78 is 33.6. The highest BCUT2D eigenvalue weighted by Crippen LogP contribution is 2.26. The largest absolute Gasteiger partial charge is 0.478 e. The van der Waals surface area contributed by atoms with Crippen LogP contribution in [0.15, 0.2) is 53.4 Å². The smallest absolute Gasteiger partial charge is 0.335 e. The first-order valence-electron chi connectivity index (χ1n) is 8.44. The van der Waals surface area contributed by atoms with Crippen molar-refractivity contribution in [2.75, 3.05) is 19.0 Å². The van der Waals surface area contributed by atoms with E-state index in [0.29, 0.717) is 12.3 Å². The van der Waals surface area contributed by atoms with Crippen LogP contribution in [-0.4, -0.2) is 39.3 Å². The monoisotopic (exact) mass is 392 g/mol. The molecule has 2 aromatic rings. The van der Waals surface area contributed by atoms with Gasteiger partial charge in [-0.15, -0.1) is 0 Å². The maximum absolute atomic E-state index is 13.0. The quantitative estimate of drug-likeness (QED) is 0.606. The van der Waals surface area contributed by atoms with Crippen LogP contribution in [0.1, 0.15) is 35.8 Å². The number of nitrogens with one attached hydrogen (secondary N) is 2. The van der Waals surface area contributed by atoms with Crippen molar-refractivity contribution in [1.82, 2.24) is 4.72 Å². The van der Waals surface area contributed by atoms with E-state index in [-0.39, 0.29) is 16.5 Å². The number of methoxy groups -OCH3 is 1. The molecule has 0 aliphatic heterocycles. The van der Waals surface area contributed by atoms with Crippen molar-refractivity contribution < 1.29 is 23.1 Å². The topological polar surface area (TPSA) is 105 Å². The molecular formula is C19H24N2O5S. The Kier molecular flexibility index (Phi) is 6.95. The van der Waals surface area contributed by atoms with Crippen LogP contribution in [0.5, 0.6) is 0 Å². The van der Waals surface area contributed by atoms with Crippen molar-refractivity contribution in [2.24, 2.45) is 0 Å². The third-order valence-electron chi connectivity index (χ3n) is 3.97. The summed E-state index contributed by atoms with van der Waals surface area (Å²) in [4.78, 5) is 11.2. The fourth-order valence-corrected chi connectivity index (χ4v) is 4.09. The molecule has 0 aromatic heterocycles. The molecule has 2 atom stereocenters. The highest BCUT2D eigenvalue weighted by atomic mass is 32.2. The molecule has 3 N–H and O–H groups in total. The predicted octanol–water partition coefficient (Wildman–Crippen LogP) is 2.87. The van der Waals surface area contributed by atoms with E-state index in [1.165, 1.54) is 12.1 Å². The lowest BCUT2D eigenvalue weighted by atomic mass is 10.1. The lowest BCUT2D eigenvalue weighted by Gasteiger charge is -2.20. The number of rotatable bonds is 9. The first kappa shape index (κ1) is 20.9. The van der Waals surface area contributed by atoms with Crippen LogP contribution in [0, 0.1) is 0 Å². The molecule has 2 aromatic carbocycles. The van der Waals surface area contributed by atoms with E-state index >= 15 is 0 Å². The van der Waals surface area contributed by atoms with Gasteiger partial charge >= 0.3 is 5.97 Å². The Morgan fingerprint density at radius 3 is 2.41 bits per heavy atom. The standard InChI is InChI=1S/C19H24N2O5S/c1-13(12-26-3)20-17-10-9-16(19(22)23)11-18(17)27(24,25)21-14(2)15-7-5-4-6-8-15/h4-11,13-14,20-21H,12H2,1-3H3,(H,22,23)/t13-,14+/m0/s1. The van der Waals surface area contributed by atoms with Crippen LogP contribution in [0.25, 0.3) is 0 Å². The number of hydrogen-bond donors (Lipinski definition) is 3. The van der Waals surface area contributed by atoms with E-state index in [2.05, 4.69) is 10.0 Å². The summed E-state index contributed by atoms with van der Waals surface area (Å²) in [6.45, 7) is 3.94. The average Bonchev–Trinajstić information content (AvgIpc) is 2.62. The van der Waals surface area contributed by atoms with E-state index in [1.54, 1.807) is 14.0 Å². The summed E-state index contributed by atoms with van der Waals surface area (Å²) in [6, 6.07) is 12.5. The molecule has 0 amide bonds. The van der Waals surface area contributed by atoms with Gasteiger partial charge in [0, 0.05) is 19.2 Å². The molecule has 8 heteroatoms. The normalized spacial score (nSPS) is 13.7. The Labute approximate surface area is 159 Å². The van der Waals surface area contributed by atoms with Gasteiger partial charge in [-0.05, 0) is 37.6 Å². The molecule has 2 rings (SSSR count). The van der Waals surface area contributed by atoms with E-state index in [4.69, 9.17) is 4.74 Å². The highest BCUT2D eigenvalue weighted by molar-refractivity contribution is 7.89. The number of carbonyl (C=O) groups is 1. The maximum atomic E-state index is 13.0. The van der Waals surface area contributed by atoms with Crippen LogP contribution >= 0.6 is 0 Å². The molecule has 0 fully saturated rings. The van der Waals surface area contributed by atoms with Crippen molar-refractivity contribution in [3.63, 3.8) is 0 Å². The van der Waals surface area contributed by atoms with Gasteiger partial charge in [0.15, 0.2) is 0 Å². The van der Waals surface area contributed by atoms with Gasteiger partial charge < -0.3 is 15.2 Å². The molecule has 0 heterocycles. The van der Waals surface area contributed by atoms with Crippen molar-refractivity contribution in [2.45, 2.75) is 30.8 Å². The van der Waals surface area contributed by atoms with E-state index in [1.807, 2.05) is 37.3 Å². The second kappa shape index (κ2) is 8.98. The SMILES string of the molecule is COC[C@H](C)Nc1ccc(C(=O)O)cc1S(=O)(=O)N[C@H](C)c1ccccc1. The molecular weight excluding hydrogens is 368 g/mol. The molecule has 0 saturated heterocycles. The first-order chi connectivity index (χ1) is 12.7. The Morgan fingerprint density at radius 1 is 1.15 bits per heavy atom. The number of carboxylic acid groups (broad SMARTS) is 1. The third-order valence-corrected chi connectivity index (χ3v) is 5.55. The zero-order valence-corrected chi connectivity index (χ0v) is 16.3. The average molecular weight is 392 g/mol. The van der Waals surface area contributed by atoms with Crippen LogP contribution in [-0.2, 0) is 14.8 Å². The zero-order valence-electron chi connectivity index (χ0n) is 15.5. The molecule has 0 saturated carbocycles. The van der Waals surface area contributed by atoms with Crippen LogP contribution in [0.2, 0.25) is 0 Å². The van der Waals surface area contributed by atoms with E-state index in [9.17, 15) is 18.3 Å². The number of anilines is 1. The van der Waals surface area contributed by atoms with Crippen LogP contribution in [0.3, 0.4) is 0 Å². The van der Waals surface area contributed by atoms with E-state index < -0.39 is 22.0 Å². The summed E-state index contributed by atoms with van der Waals surface area (Å²) in [7, 11) is -2.42. The number of sulfonamides is 1. The third kappa shape index (κ3) is 5.53. The number of ether oxygens (including phenoxy) is 1. The van der Waals surface area contributed by atoms with Gasteiger partial charge in [0.25, 0.3) is 0 Å². The molecule has 0 unspecified atom stereocenters. The van der Waals surface area contributed by atoms with Gasteiger partial charge in [-0.1, -0.05) is 30.3 Å². The Morgan fingerprint density at radius 2 is 1.81 bits per heavy atom. The molecule has 7 nitrogen and oxygen atoms in total. The summed E-state index contributed by atoms with van der Waals surface area (Å²) in [5.74, 6) is -1.20. The Balaban J connectivity index is 2.39. The lowest BCUT2D eigenvalue weighted by Crippen LogP contribution is -2.29. The van der Waals surface area contributed by atoms with Crippen LogP contribution in [0.4, 0.5) is 5.69 Å². The van der Waals surface area contributed by atoms with Gasteiger partial charge in [0.05, 0.1) is 17.9 Å². The van der Waals surface area contributed by atoms with E-state index in [0.717, 1.165) is 11.6 Å². The summed E-state index contributed by atoms with van der Waals surface area (Å²) in [5, 5.41) is 12.3. The molecule has 0 spiro atoms. The molecule has 0 bridgehead atoms. The highest BCUT2D eigenvalue weighted by Gasteiger charge is 2.24. The number of benzene rings is 2. The van der Waals surface area contributed by atoms with Gasteiger partial charge in [-0.25, -0.2) is 17.9 Å². The van der Waals surface area contributed by atoms with Gasteiger partial charge in [-0.2, -0.15) is 0 Å².